The summed E-state index contributed by atoms with van der Waals surface area (Å²) in [5.41, 5.74) is 1.45. The molecule has 0 saturated heterocycles. The minimum atomic E-state index is -3.68. The second-order valence-corrected chi connectivity index (χ2v) is 7.93. The second-order valence-electron chi connectivity index (χ2n) is 4.49. The topological polar surface area (TPSA) is 66.4 Å². The van der Waals surface area contributed by atoms with Crippen molar-refractivity contribution in [2.45, 2.75) is 18.4 Å². The summed E-state index contributed by atoms with van der Waals surface area (Å²) in [4.78, 5) is 0.149. The number of phenolic OH excluding ortho intramolecular Hbond substituents is 1. The highest BCUT2D eigenvalue weighted by molar-refractivity contribution is 9.11. The number of benzene rings is 2. The molecule has 0 radical (unpaired) electrons. The van der Waals surface area contributed by atoms with Crippen LogP contribution in [0.5, 0.6) is 5.75 Å². The fourth-order valence-electron chi connectivity index (χ4n) is 1.74. The van der Waals surface area contributed by atoms with Gasteiger partial charge in [-0.3, -0.25) is 0 Å². The number of hydrogen-bond donors (Lipinski definition) is 2. The summed E-state index contributed by atoms with van der Waals surface area (Å²) in [5.74, 6) is 0.0596. The highest BCUT2D eigenvalue weighted by atomic mass is 79.9. The standard InChI is InChI=1S/C14H13Br2NO3S/c1-9-6-12(16)14(7-11(9)15)21(19,20)17-8-10-4-2-3-5-13(10)18/h2-7,17-18H,8H2,1H3. The average molecular weight is 435 g/mol. The first kappa shape index (κ1) is 16.5. The largest absolute Gasteiger partial charge is 0.508 e. The van der Waals surface area contributed by atoms with Gasteiger partial charge in [-0.1, -0.05) is 34.1 Å². The normalized spacial score (nSPS) is 11.6. The fraction of sp³-hybridized carbons (Fsp3) is 0.143. The number of nitrogens with one attached hydrogen (secondary N) is 1. The van der Waals surface area contributed by atoms with E-state index in [2.05, 4.69) is 36.6 Å². The van der Waals surface area contributed by atoms with E-state index < -0.39 is 10.0 Å². The molecule has 0 aliphatic rings. The molecule has 0 unspecified atom stereocenters. The van der Waals surface area contributed by atoms with Crippen molar-refractivity contribution in [3.63, 3.8) is 0 Å². The monoisotopic (exact) mass is 433 g/mol. The van der Waals surface area contributed by atoms with Gasteiger partial charge in [0.15, 0.2) is 0 Å². The highest BCUT2D eigenvalue weighted by Gasteiger charge is 2.19. The molecule has 0 aliphatic carbocycles. The number of sulfonamides is 1. The lowest BCUT2D eigenvalue weighted by atomic mass is 10.2. The zero-order valence-electron chi connectivity index (χ0n) is 11.1. The molecule has 2 rings (SSSR count). The lowest BCUT2D eigenvalue weighted by Crippen LogP contribution is -2.23. The molecule has 0 fully saturated rings. The molecule has 0 aromatic heterocycles. The van der Waals surface area contributed by atoms with Crippen LogP contribution < -0.4 is 4.72 Å². The van der Waals surface area contributed by atoms with Crippen molar-refractivity contribution in [2.24, 2.45) is 0 Å². The zero-order chi connectivity index (χ0) is 15.6. The Kier molecular flexibility index (Phi) is 5.08. The Labute approximate surface area is 140 Å². The molecule has 2 N–H and O–H groups in total. The quantitative estimate of drug-likeness (QED) is 0.770. The van der Waals surface area contributed by atoms with E-state index >= 15 is 0 Å². The third-order valence-electron chi connectivity index (χ3n) is 2.95. The minimum Gasteiger partial charge on any atom is -0.508 e. The molecule has 0 aliphatic heterocycles. The molecule has 0 saturated carbocycles. The predicted octanol–water partition coefficient (Wildman–Crippen LogP) is 3.70. The van der Waals surface area contributed by atoms with Crippen molar-refractivity contribution in [1.82, 2.24) is 4.72 Å². The predicted molar refractivity (Wildman–Crippen MR) is 88.7 cm³/mol. The van der Waals surface area contributed by atoms with Crippen LogP contribution in [0.1, 0.15) is 11.1 Å². The summed E-state index contributed by atoms with van der Waals surface area (Å²) in [7, 11) is -3.68. The van der Waals surface area contributed by atoms with E-state index in [9.17, 15) is 13.5 Å². The maximum atomic E-state index is 12.4. The van der Waals surface area contributed by atoms with Crippen LogP contribution in [-0.2, 0) is 16.6 Å². The van der Waals surface area contributed by atoms with Crippen LogP contribution in [0, 0.1) is 6.92 Å². The molecule has 2 aromatic rings. The Balaban J connectivity index is 2.27. The molecule has 0 amide bonds. The SMILES string of the molecule is Cc1cc(Br)c(S(=O)(=O)NCc2ccccc2O)cc1Br. The molecule has 0 bridgehead atoms. The summed E-state index contributed by atoms with van der Waals surface area (Å²) in [6.07, 6.45) is 0. The third-order valence-corrected chi connectivity index (χ3v) is 6.16. The van der Waals surface area contributed by atoms with Gasteiger partial charge in [0.2, 0.25) is 10.0 Å². The Hall–Kier alpha value is -0.890. The van der Waals surface area contributed by atoms with Crippen LogP contribution in [0.4, 0.5) is 0 Å². The summed E-state index contributed by atoms with van der Waals surface area (Å²) in [6, 6.07) is 9.88. The summed E-state index contributed by atoms with van der Waals surface area (Å²) >= 11 is 6.60. The molecular weight excluding hydrogens is 422 g/mol. The number of halogens is 2. The number of rotatable bonds is 4. The first-order chi connectivity index (χ1) is 9.81. The van der Waals surface area contributed by atoms with E-state index in [1.54, 1.807) is 30.3 Å². The van der Waals surface area contributed by atoms with E-state index in [0.29, 0.717) is 14.5 Å². The molecule has 7 heteroatoms. The van der Waals surface area contributed by atoms with Crippen molar-refractivity contribution in [3.8, 4) is 5.75 Å². The van der Waals surface area contributed by atoms with Crippen LogP contribution in [0.25, 0.3) is 0 Å². The summed E-state index contributed by atoms with van der Waals surface area (Å²) in [6.45, 7) is 1.90. The van der Waals surface area contributed by atoms with Crippen LogP contribution in [-0.4, -0.2) is 13.5 Å². The van der Waals surface area contributed by atoms with Gasteiger partial charge in [0, 0.05) is 21.1 Å². The first-order valence-electron chi connectivity index (χ1n) is 6.03. The van der Waals surface area contributed by atoms with Gasteiger partial charge in [0.25, 0.3) is 0 Å². The number of aryl methyl sites for hydroxylation is 1. The first-order valence-corrected chi connectivity index (χ1v) is 9.10. The molecule has 112 valence electrons. The van der Waals surface area contributed by atoms with Gasteiger partial charge in [-0.05, 0) is 46.6 Å². The summed E-state index contributed by atoms with van der Waals surface area (Å²) in [5, 5.41) is 9.66. The maximum Gasteiger partial charge on any atom is 0.242 e. The number of hydrogen-bond acceptors (Lipinski definition) is 3. The van der Waals surface area contributed by atoms with E-state index in [4.69, 9.17) is 0 Å². The van der Waals surface area contributed by atoms with Gasteiger partial charge in [0.1, 0.15) is 5.75 Å². The van der Waals surface area contributed by atoms with Crippen LogP contribution >= 0.6 is 31.9 Å². The lowest BCUT2D eigenvalue weighted by Gasteiger charge is -2.11. The van der Waals surface area contributed by atoms with Crippen molar-refractivity contribution >= 4 is 41.9 Å². The van der Waals surface area contributed by atoms with Gasteiger partial charge < -0.3 is 5.11 Å². The molecule has 2 aromatic carbocycles. The van der Waals surface area contributed by atoms with Crippen molar-refractivity contribution in [2.75, 3.05) is 0 Å². The molecule has 0 atom stereocenters. The Morgan fingerprint density at radius 1 is 1.14 bits per heavy atom. The summed E-state index contributed by atoms with van der Waals surface area (Å²) < 4.78 is 28.4. The number of phenols is 1. The smallest absolute Gasteiger partial charge is 0.242 e. The Morgan fingerprint density at radius 3 is 2.48 bits per heavy atom. The van der Waals surface area contributed by atoms with E-state index in [-0.39, 0.29) is 17.2 Å². The zero-order valence-corrected chi connectivity index (χ0v) is 15.1. The fourth-order valence-corrected chi connectivity index (χ4v) is 4.43. The average Bonchev–Trinajstić information content (AvgIpc) is 2.42. The van der Waals surface area contributed by atoms with Crippen LogP contribution in [0.15, 0.2) is 50.2 Å². The number of aromatic hydroxyl groups is 1. The van der Waals surface area contributed by atoms with Crippen LogP contribution in [0.2, 0.25) is 0 Å². The third kappa shape index (κ3) is 3.85. The molecular formula is C14H13Br2NO3S. The van der Waals surface area contributed by atoms with Gasteiger partial charge in [-0.15, -0.1) is 0 Å². The molecule has 4 nitrogen and oxygen atoms in total. The van der Waals surface area contributed by atoms with Gasteiger partial charge in [-0.25, -0.2) is 13.1 Å². The van der Waals surface area contributed by atoms with Crippen molar-refractivity contribution in [3.05, 3.63) is 56.5 Å². The van der Waals surface area contributed by atoms with Crippen LogP contribution in [0.3, 0.4) is 0 Å². The van der Waals surface area contributed by atoms with Gasteiger partial charge in [-0.2, -0.15) is 0 Å². The minimum absolute atomic E-state index is 0.0208. The highest BCUT2D eigenvalue weighted by Crippen LogP contribution is 2.29. The van der Waals surface area contributed by atoms with Gasteiger partial charge >= 0.3 is 0 Å². The lowest BCUT2D eigenvalue weighted by molar-refractivity contribution is 0.467. The second kappa shape index (κ2) is 6.48. The van der Waals surface area contributed by atoms with Crippen molar-refractivity contribution in [1.29, 1.82) is 0 Å². The van der Waals surface area contributed by atoms with E-state index in [1.165, 1.54) is 6.07 Å². The Bertz CT molecular complexity index is 776. The molecule has 0 heterocycles. The molecule has 21 heavy (non-hydrogen) atoms. The van der Waals surface area contributed by atoms with E-state index in [1.807, 2.05) is 6.92 Å². The van der Waals surface area contributed by atoms with Crippen molar-refractivity contribution < 1.29 is 13.5 Å². The van der Waals surface area contributed by atoms with E-state index in [0.717, 1.165) is 5.56 Å². The maximum absolute atomic E-state index is 12.4. The van der Waals surface area contributed by atoms with Gasteiger partial charge in [0.05, 0.1) is 4.90 Å². The Morgan fingerprint density at radius 2 is 1.81 bits per heavy atom. The number of para-hydroxylation sites is 1. The molecule has 0 spiro atoms.